The van der Waals surface area contributed by atoms with Crippen LogP contribution in [0.5, 0.6) is 5.75 Å². The number of rotatable bonds is 5. The predicted molar refractivity (Wildman–Crippen MR) is 109 cm³/mol. The smallest absolute Gasteiger partial charge is 0.238 e. The van der Waals surface area contributed by atoms with Crippen LogP contribution < -0.4 is 10.1 Å². The lowest BCUT2D eigenvalue weighted by Gasteiger charge is -2.39. The molecule has 1 aliphatic carbocycles. The standard InChI is InChI=1S/C23H26N4O2/c1-3-23(17-25)10-5-13-27(23)21(28)16-26-22(2)11-8-19(9-12-22)29-20-7-4-6-18(14-20)15-24/h1,4,6-7,14,19,26H,5,8-13,16H2,2H3/t19?,22?,23-/m1/s1. The van der Waals surface area contributed by atoms with E-state index in [1.807, 2.05) is 12.1 Å². The van der Waals surface area contributed by atoms with Gasteiger partial charge in [-0.2, -0.15) is 10.5 Å². The Morgan fingerprint density at radius 1 is 1.34 bits per heavy atom. The van der Waals surface area contributed by atoms with Crippen molar-refractivity contribution in [2.45, 2.75) is 62.6 Å². The van der Waals surface area contributed by atoms with E-state index in [9.17, 15) is 10.1 Å². The molecule has 2 aliphatic rings. The van der Waals surface area contributed by atoms with Crippen molar-refractivity contribution in [1.29, 1.82) is 10.5 Å². The summed E-state index contributed by atoms with van der Waals surface area (Å²) in [4.78, 5) is 14.2. The van der Waals surface area contributed by atoms with Gasteiger partial charge >= 0.3 is 0 Å². The van der Waals surface area contributed by atoms with Gasteiger partial charge in [-0.3, -0.25) is 4.79 Å². The molecule has 29 heavy (non-hydrogen) atoms. The van der Waals surface area contributed by atoms with Crippen molar-refractivity contribution in [2.75, 3.05) is 13.1 Å². The third-order valence-corrected chi connectivity index (χ3v) is 6.07. The maximum Gasteiger partial charge on any atom is 0.238 e. The average Bonchev–Trinajstić information content (AvgIpc) is 3.19. The maximum atomic E-state index is 12.7. The van der Waals surface area contributed by atoms with Crippen LogP contribution in [-0.2, 0) is 4.79 Å². The van der Waals surface area contributed by atoms with Gasteiger partial charge in [-0.1, -0.05) is 12.0 Å². The van der Waals surface area contributed by atoms with Gasteiger partial charge in [-0.05, 0) is 63.6 Å². The molecule has 1 saturated carbocycles. The van der Waals surface area contributed by atoms with E-state index in [2.05, 4.69) is 30.3 Å². The van der Waals surface area contributed by atoms with Crippen LogP contribution in [0.3, 0.4) is 0 Å². The molecule has 6 heteroatoms. The molecule has 1 heterocycles. The van der Waals surface area contributed by atoms with E-state index in [1.165, 1.54) is 0 Å². The number of likely N-dealkylation sites (tertiary alicyclic amines) is 1. The molecule has 1 aromatic rings. The fourth-order valence-corrected chi connectivity index (χ4v) is 4.19. The molecule has 3 rings (SSSR count). The summed E-state index contributed by atoms with van der Waals surface area (Å²) in [5.74, 6) is 3.13. The summed E-state index contributed by atoms with van der Waals surface area (Å²) in [6.45, 7) is 2.83. The Hall–Kier alpha value is -3.01. The summed E-state index contributed by atoms with van der Waals surface area (Å²) < 4.78 is 6.04. The molecule has 1 aromatic carbocycles. The van der Waals surface area contributed by atoms with E-state index < -0.39 is 5.54 Å². The van der Waals surface area contributed by atoms with E-state index in [0.29, 0.717) is 18.5 Å². The lowest BCUT2D eigenvalue weighted by molar-refractivity contribution is -0.132. The highest BCUT2D eigenvalue weighted by Gasteiger charge is 2.43. The number of hydrogen-bond acceptors (Lipinski definition) is 5. The lowest BCUT2D eigenvalue weighted by Crippen LogP contribution is -2.53. The Bertz CT molecular complexity index is 867. The second-order valence-electron chi connectivity index (χ2n) is 8.14. The molecule has 0 unspecified atom stereocenters. The van der Waals surface area contributed by atoms with Gasteiger partial charge in [0.25, 0.3) is 0 Å². The fraction of sp³-hybridized carbons (Fsp3) is 0.522. The summed E-state index contributed by atoms with van der Waals surface area (Å²) >= 11 is 0. The zero-order valence-electron chi connectivity index (χ0n) is 16.8. The van der Waals surface area contributed by atoms with Crippen LogP contribution in [0.15, 0.2) is 24.3 Å². The molecule has 6 nitrogen and oxygen atoms in total. The quantitative estimate of drug-likeness (QED) is 0.781. The van der Waals surface area contributed by atoms with Crippen LogP contribution in [0, 0.1) is 35.0 Å². The SMILES string of the molecule is C#C[C@]1(C#N)CCCN1C(=O)CNC1(C)CCC(Oc2cccc(C#N)c2)CC1. The third-order valence-electron chi connectivity index (χ3n) is 6.07. The van der Waals surface area contributed by atoms with Crippen molar-refractivity contribution in [1.82, 2.24) is 10.2 Å². The van der Waals surface area contributed by atoms with E-state index >= 15 is 0 Å². The van der Waals surface area contributed by atoms with Crippen molar-refractivity contribution in [2.24, 2.45) is 0 Å². The molecule has 0 spiro atoms. The molecule has 0 aromatic heterocycles. The van der Waals surface area contributed by atoms with Crippen molar-refractivity contribution >= 4 is 5.91 Å². The average molecular weight is 390 g/mol. The second kappa shape index (κ2) is 8.56. The number of hydrogen-bond donors (Lipinski definition) is 1. The molecular weight excluding hydrogens is 364 g/mol. The van der Waals surface area contributed by atoms with Crippen molar-refractivity contribution in [3.8, 4) is 30.2 Å². The molecule has 2 fully saturated rings. The molecule has 1 aliphatic heterocycles. The lowest BCUT2D eigenvalue weighted by atomic mass is 9.81. The van der Waals surface area contributed by atoms with Crippen molar-refractivity contribution in [3.63, 3.8) is 0 Å². The number of carbonyl (C=O) groups is 1. The summed E-state index contributed by atoms with van der Waals surface area (Å²) in [6.07, 6.45) is 10.4. The predicted octanol–water partition coefficient (Wildman–Crippen LogP) is 2.75. The Balaban J connectivity index is 1.51. The second-order valence-corrected chi connectivity index (χ2v) is 8.14. The van der Waals surface area contributed by atoms with Crippen LogP contribution in [0.1, 0.15) is 51.0 Å². The zero-order chi connectivity index (χ0) is 20.9. The third kappa shape index (κ3) is 4.53. The first-order chi connectivity index (χ1) is 13.9. The molecule has 1 N–H and O–H groups in total. The fourth-order valence-electron chi connectivity index (χ4n) is 4.19. The van der Waals surface area contributed by atoms with Crippen LogP contribution >= 0.6 is 0 Å². The van der Waals surface area contributed by atoms with Crippen LogP contribution in [-0.4, -0.2) is 41.1 Å². The number of nitrogens with zero attached hydrogens (tertiary/aromatic N) is 3. The Morgan fingerprint density at radius 2 is 2.10 bits per heavy atom. The van der Waals surface area contributed by atoms with Gasteiger partial charge in [0.15, 0.2) is 5.54 Å². The molecule has 1 amide bonds. The summed E-state index contributed by atoms with van der Waals surface area (Å²) in [7, 11) is 0. The van der Waals surface area contributed by atoms with Crippen LogP contribution in [0.2, 0.25) is 0 Å². The first-order valence-corrected chi connectivity index (χ1v) is 10.0. The van der Waals surface area contributed by atoms with Gasteiger partial charge in [0.2, 0.25) is 5.91 Å². The minimum atomic E-state index is -1.09. The number of ether oxygens (including phenoxy) is 1. The topological polar surface area (TPSA) is 89.2 Å². The van der Waals surface area contributed by atoms with Gasteiger partial charge in [-0.15, -0.1) is 6.42 Å². The molecule has 0 bridgehead atoms. The Kier molecular flexibility index (Phi) is 6.12. The van der Waals surface area contributed by atoms with E-state index in [0.717, 1.165) is 37.9 Å². The minimum Gasteiger partial charge on any atom is -0.490 e. The van der Waals surface area contributed by atoms with Gasteiger partial charge in [-0.25, -0.2) is 0 Å². The van der Waals surface area contributed by atoms with Crippen LogP contribution in [0.4, 0.5) is 0 Å². The summed E-state index contributed by atoms with van der Waals surface area (Å²) in [5.41, 5.74) is -0.663. The van der Waals surface area contributed by atoms with E-state index in [-0.39, 0.29) is 24.1 Å². The normalized spacial score (nSPS) is 28.8. The number of benzene rings is 1. The van der Waals surface area contributed by atoms with Gasteiger partial charge in [0.05, 0.1) is 24.3 Å². The number of nitriles is 2. The molecule has 0 radical (unpaired) electrons. The molecule has 1 saturated heterocycles. The highest BCUT2D eigenvalue weighted by atomic mass is 16.5. The molecule has 150 valence electrons. The van der Waals surface area contributed by atoms with Gasteiger partial charge in [0, 0.05) is 12.1 Å². The minimum absolute atomic E-state index is 0.0979. The Labute approximate surface area is 172 Å². The summed E-state index contributed by atoms with van der Waals surface area (Å²) in [5, 5.41) is 21.9. The molecule has 1 atom stereocenters. The first kappa shape index (κ1) is 20.7. The Morgan fingerprint density at radius 3 is 2.76 bits per heavy atom. The van der Waals surface area contributed by atoms with Crippen molar-refractivity contribution in [3.05, 3.63) is 29.8 Å². The van der Waals surface area contributed by atoms with Crippen LogP contribution in [0.25, 0.3) is 0 Å². The molecular formula is C23H26N4O2. The van der Waals surface area contributed by atoms with Crippen molar-refractivity contribution < 1.29 is 9.53 Å². The highest BCUT2D eigenvalue weighted by Crippen LogP contribution is 2.32. The first-order valence-electron chi connectivity index (χ1n) is 10.0. The number of carbonyl (C=O) groups excluding carboxylic acids is 1. The van der Waals surface area contributed by atoms with Gasteiger partial charge in [0.1, 0.15) is 11.8 Å². The van der Waals surface area contributed by atoms with Gasteiger partial charge < -0.3 is 15.0 Å². The highest BCUT2D eigenvalue weighted by molar-refractivity contribution is 5.80. The van der Waals surface area contributed by atoms with E-state index in [4.69, 9.17) is 16.4 Å². The van der Waals surface area contributed by atoms with E-state index in [1.54, 1.807) is 17.0 Å². The number of terminal acetylenes is 1. The number of amides is 1. The summed E-state index contributed by atoms with van der Waals surface area (Å²) in [6, 6.07) is 11.5. The monoisotopic (exact) mass is 390 g/mol. The zero-order valence-corrected chi connectivity index (χ0v) is 16.8. The maximum absolute atomic E-state index is 12.7. The largest absolute Gasteiger partial charge is 0.490 e. The number of nitrogens with one attached hydrogen (secondary N) is 1.